The van der Waals surface area contributed by atoms with E-state index in [-0.39, 0.29) is 5.97 Å². The van der Waals surface area contributed by atoms with E-state index in [2.05, 4.69) is 32.6 Å². The zero-order chi connectivity index (χ0) is 39.7. The Morgan fingerprint density at radius 3 is 1.16 bits per heavy atom. The van der Waals surface area contributed by atoms with Crippen molar-refractivity contribution in [3.63, 3.8) is 0 Å². The van der Waals surface area contributed by atoms with E-state index in [0.29, 0.717) is 13.0 Å². The van der Waals surface area contributed by atoms with Crippen LogP contribution in [-0.2, 0) is 14.3 Å². The summed E-state index contributed by atoms with van der Waals surface area (Å²) < 4.78 is 11.2. The molecule has 4 nitrogen and oxygen atoms in total. The number of hydrogen-bond donors (Lipinski definition) is 0. The summed E-state index contributed by atoms with van der Waals surface area (Å²) in [7, 11) is 0. The second-order valence-electron chi connectivity index (χ2n) is 18.3. The first-order valence-corrected chi connectivity index (χ1v) is 25.6. The third kappa shape index (κ3) is 35.1. The van der Waals surface area contributed by atoms with Crippen LogP contribution in [0.2, 0.25) is 0 Å². The van der Waals surface area contributed by atoms with E-state index >= 15 is 0 Å². The van der Waals surface area contributed by atoms with Gasteiger partial charge in [0, 0.05) is 19.5 Å². The Kier molecular flexibility index (Phi) is 39.6. The van der Waals surface area contributed by atoms with Crippen molar-refractivity contribution in [1.29, 1.82) is 0 Å². The average Bonchev–Trinajstić information content (AvgIpc) is 3.19. The molecule has 1 rings (SSSR count). The number of morpholine rings is 1. The number of esters is 1. The molecule has 328 valence electrons. The fraction of sp³-hybridized carbons (Fsp3) is 0.980. The van der Waals surface area contributed by atoms with Gasteiger partial charge < -0.3 is 9.47 Å². The topological polar surface area (TPSA) is 38.8 Å². The van der Waals surface area contributed by atoms with Gasteiger partial charge in [0.15, 0.2) is 0 Å². The predicted octanol–water partition coefficient (Wildman–Crippen LogP) is 16.2. The zero-order valence-electron chi connectivity index (χ0n) is 38.3. The lowest BCUT2D eigenvalue weighted by Gasteiger charge is -2.26. The molecule has 0 bridgehead atoms. The second kappa shape index (κ2) is 41.5. The molecule has 1 unspecified atom stereocenters. The molecule has 0 aromatic carbocycles. The first kappa shape index (κ1) is 52.4. The van der Waals surface area contributed by atoms with E-state index < -0.39 is 0 Å². The van der Waals surface area contributed by atoms with E-state index in [1.54, 1.807) is 0 Å². The molecule has 1 saturated heterocycles. The molecule has 0 spiro atoms. The Hall–Kier alpha value is -0.610. The number of carbonyl (C=O) groups excluding carboxylic acids is 1. The van der Waals surface area contributed by atoms with Gasteiger partial charge in [0.1, 0.15) is 0 Å². The lowest BCUT2D eigenvalue weighted by Crippen LogP contribution is -2.36. The fourth-order valence-corrected chi connectivity index (χ4v) is 9.20. The quantitative estimate of drug-likeness (QED) is 0.0457. The van der Waals surface area contributed by atoms with Crippen LogP contribution in [0.15, 0.2) is 0 Å². The van der Waals surface area contributed by atoms with Gasteiger partial charge in [-0.2, -0.15) is 0 Å². The third-order valence-corrected chi connectivity index (χ3v) is 13.1. The highest BCUT2D eigenvalue weighted by Gasteiger charge is 2.13. The van der Waals surface area contributed by atoms with Gasteiger partial charge in [-0.05, 0) is 43.6 Å². The summed E-state index contributed by atoms with van der Waals surface area (Å²) in [5.41, 5.74) is 0. The molecule has 1 atom stereocenters. The summed E-state index contributed by atoms with van der Waals surface area (Å²) in [6, 6.07) is 0. The molecule has 0 radical (unpaired) electrons. The minimum absolute atomic E-state index is 0.0406. The van der Waals surface area contributed by atoms with Crippen LogP contribution in [-0.4, -0.2) is 50.3 Å². The van der Waals surface area contributed by atoms with Gasteiger partial charge in [-0.15, -0.1) is 0 Å². The first-order valence-electron chi connectivity index (χ1n) is 25.6. The Morgan fingerprint density at radius 2 is 0.764 bits per heavy atom. The Morgan fingerprint density at radius 1 is 0.436 bits per heavy atom. The molecule has 4 heteroatoms. The molecule has 1 aliphatic rings. The molecule has 0 aromatic heterocycles. The summed E-state index contributed by atoms with van der Waals surface area (Å²) in [5, 5.41) is 0. The Bertz CT molecular complexity index is 747. The Balaban J connectivity index is 2.25. The average molecular weight is 776 g/mol. The molecular formula is C51H101NO3. The van der Waals surface area contributed by atoms with Crippen molar-refractivity contribution in [2.45, 2.75) is 265 Å². The predicted molar refractivity (Wildman–Crippen MR) is 242 cm³/mol. The lowest BCUT2D eigenvalue weighted by atomic mass is 9.89. The fourth-order valence-electron chi connectivity index (χ4n) is 9.20. The van der Waals surface area contributed by atoms with Gasteiger partial charge in [-0.25, -0.2) is 0 Å². The molecule has 0 aromatic rings. The number of nitrogens with zero attached hydrogens (tertiary/aromatic N) is 1. The summed E-state index contributed by atoms with van der Waals surface area (Å²) >= 11 is 0. The van der Waals surface area contributed by atoms with Crippen LogP contribution in [0.3, 0.4) is 0 Å². The summed E-state index contributed by atoms with van der Waals surface area (Å²) in [6.45, 7) is 15.2. The Labute approximate surface area is 346 Å². The monoisotopic (exact) mass is 776 g/mol. The molecular weight excluding hydrogens is 675 g/mol. The van der Waals surface area contributed by atoms with Crippen molar-refractivity contribution in [3.8, 4) is 0 Å². The second-order valence-corrected chi connectivity index (χ2v) is 18.3. The highest BCUT2D eigenvalue weighted by Crippen LogP contribution is 2.27. The molecule has 1 fully saturated rings. The zero-order valence-corrected chi connectivity index (χ0v) is 38.3. The SMILES string of the molecule is CCCCCC(CCCCC)CCCCCCCCCC(CCCCCCCC(=O)OCCC(CCCCC)CCCCC)CCCCCN1CCOCC1. The van der Waals surface area contributed by atoms with E-state index in [0.717, 1.165) is 56.9 Å². The summed E-state index contributed by atoms with van der Waals surface area (Å²) in [6.07, 6.45) is 49.9. The van der Waals surface area contributed by atoms with E-state index in [1.807, 2.05) is 0 Å². The molecule has 0 aliphatic carbocycles. The van der Waals surface area contributed by atoms with Crippen LogP contribution in [0, 0.1) is 17.8 Å². The van der Waals surface area contributed by atoms with Crippen molar-refractivity contribution in [2.24, 2.45) is 17.8 Å². The first-order chi connectivity index (χ1) is 27.1. The molecule has 0 saturated carbocycles. The molecule has 1 aliphatic heterocycles. The van der Waals surface area contributed by atoms with E-state index in [1.165, 1.54) is 225 Å². The summed E-state index contributed by atoms with van der Waals surface area (Å²) in [5.74, 6) is 2.70. The molecule has 1 heterocycles. The van der Waals surface area contributed by atoms with Crippen LogP contribution in [0.5, 0.6) is 0 Å². The maximum atomic E-state index is 12.4. The normalized spacial score (nSPS) is 14.4. The van der Waals surface area contributed by atoms with Gasteiger partial charge in [-0.3, -0.25) is 9.69 Å². The van der Waals surface area contributed by atoms with E-state index in [4.69, 9.17) is 9.47 Å². The minimum atomic E-state index is 0.0406. The number of hydrogen-bond acceptors (Lipinski definition) is 4. The van der Waals surface area contributed by atoms with Gasteiger partial charge in [0.25, 0.3) is 0 Å². The highest BCUT2D eigenvalue weighted by molar-refractivity contribution is 5.69. The van der Waals surface area contributed by atoms with Gasteiger partial charge in [-0.1, -0.05) is 240 Å². The van der Waals surface area contributed by atoms with Crippen LogP contribution < -0.4 is 0 Å². The molecule has 55 heavy (non-hydrogen) atoms. The van der Waals surface area contributed by atoms with Crippen LogP contribution in [0.25, 0.3) is 0 Å². The van der Waals surface area contributed by atoms with E-state index in [9.17, 15) is 4.79 Å². The van der Waals surface area contributed by atoms with Gasteiger partial charge in [0.2, 0.25) is 0 Å². The standard InChI is InChI=1S/C51H101NO3/c1-5-9-22-32-48(33-23-10-6-2)36-26-17-14-13-15-18-27-37-49(39-29-21-31-42-52-43-46-54-47-44-52)38-28-19-16-20-30-40-51(53)55-45-41-50(34-24-11-7-3)35-25-12-8-4/h48-50H,5-47H2,1-4H3. The number of carbonyl (C=O) groups is 1. The van der Waals surface area contributed by atoms with Crippen LogP contribution in [0.1, 0.15) is 265 Å². The van der Waals surface area contributed by atoms with Gasteiger partial charge in [0.05, 0.1) is 19.8 Å². The smallest absolute Gasteiger partial charge is 0.305 e. The maximum absolute atomic E-state index is 12.4. The highest BCUT2D eigenvalue weighted by atomic mass is 16.5. The summed E-state index contributed by atoms with van der Waals surface area (Å²) in [4.78, 5) is 15.0. The molecule has 0 N–H and O–H groups in total. The molecule has 0 amide bonds. The number of rotatable bonds is 43. The maximum Gasteiger partial charge on any atom is 0.305 e. The van der Waals surface area contributed by atoms with Crippen molar-refractivity contribution < 1.29 is 14.3 Å². The number of unbranched alkanes of at least 4 members (excludes halogenated alkanes) is 20. The van der Waals surface area contributed by atoms with Crippen LogP contribution in [0.4, 0.5) is 0 Å². The van der Waals surface area contributed by atoms with Crippen molar-refractivity contribution >= 4 is 5.97 Å². The van der Waals surface area contributed by atoms with Crippen molar-refractivity contribution in [3.05, 3.63) is 0 Å². The largest absolute Gasteiger partial charge is 0.466 e. The number of ether oxygens (including phenoxy) is 2. The lowest BCUT2D eigenvalue weighted by molar-refractivity contribution is -0.144. The third-order valence-electron chi connectivity index (χ3n) is 13.1. The van der Waals surface area contributed by atoms with Crippen molar-refractivity contribution in [1.82, 2.24) is 4.90 Å². The minimum Gasteiger partial charge on any atom is -0.466 e. The van der Waals surface area contributed by atoms with Crippen molar-refractivity contribution in [2.75, 3.05) is 39.5 Å². The van der Waals surface area contributed by atoms with Gasteiger partial charge >= 0.3 is 5.97 Å². The van der Waals surface area contributed by atoms with Crippen LogP contribution >= 0.6 is 0 Å².